The lowest BCUT2D eigenvalue weighted by atomic mass is 10.2. The van der Waals surface area contributed by atoms with Crippen LogP contribution in [0.3, 0.4) is 0 Å². The predicted molar refractivity (Wildman–Crippen MR) is 39.3 cm³/mol. The van der Waals surface area contributed by atoms with Crippen molar-refractivity contribution in [2.45, 2.75) is 19.3 Å². The Morgan fingerprint density at radius 3 is 2.91 bits per heavy atom. The number of nitrogens with two attached hydrogens (primary N) is 1. The van der Waals surface area contributed by atoms with Gasteiger partial charge in [-0.1, -0.05) is 6.08 Å². The molecule has 0 aromatic heterocycles. The van der Waals surface area contributed by atoms with Crippen LogP contribution in [0.25, 0.3) is 0 Å². The molecule has 0 unspecified atom stereocenters. The molecule has 0 saturated carbocycles. The fourth-order valence-corrected chi connectivity index (χ4v) is 0.919. The van der Waals surface area contributed by atoms with E-state index in [0.29, 0.717) is 19.3 Å². The van der Waals surface area contributed by atoms with Gasteiger partial charge in [0.2, 0.25) is 11.8 Å². The van der Waals surface area contributed by atoms with Crippen LogP contribution in [0.2, 0.25) is 0 Å². The Labute approximate surface area is 64.4 Å². The quantitative estimate of drug-likeness (QED) is 0.583. The van der Waals surface area contributed by atoms with Crippen LogP contribution in [0.4, 0.5) is 0 Å². The highest BCUT2D eigenvalue weighted by Gasteiger charge is 2.11. The van der Waals surface area contributed by atoms with E-state index in [1.165, 1.54) is 0 Å². The molecule has 1 aliphatic rings. The molecule has 1 rings (SSSR count). The van der Waals surface area contributed by atoms with Gasteiger partial charge < -0.3 is 11.1 Å². The van der Waals surface area contributed by atoms with E-state index >= 15 is 0 Å². The zero-order valence-corrected chi connectivity index (χ0v) is 6.09. The topological polar surface area (TPSA) is 72.2 Å². The van der Waals surface area contributed by atoms with Crippen LogP contribution < -0.4 is 11.1 Å². The maximum absolute atomic E-state index is 10.6. The third kappa shape index (κ3) is 2.41. The molecular formula is C7H10N2O2. The van der Waals surface area contributed by atoms with Gasteiger partial charge in [-0.2, -0.15) is 0 Å². The third-order valence-corrected chi connectivity index (χ3v) is 1.47. The largest absolute Gasteiger partial charge is 0.370 e. The molecule has 0 aromatic rings. The van der Waals surface area contributed by atoms with Crippen LogP contribution in [0, 0.1) is 0 Å². The number of amides is 2. The number of rotatable bonds is 3. The van der Waals surface area contributed by atoms with Gasteiger partial charge in [-0.15, -0.1) is 0 Å². The molecule has 0 aromatic carbocycles. The lowest BCUT2D eigenvalue weighted by Crippen LogP contribution is -2.17. The monoisotopic (exact) mass is 154 g/mol. The van der Waals surface area contributed by atoms with E-state index < -0.39 is 0 Å². The third-order valence-electron chi connectivity index (χ3n) is 1.47. The molecule has 4 heteroatoms. The summed E-state index contributed by atoms with van der Waals surface area (Å²) in [6, 6.07) is 0. The summed E-state index contributed by atoms with van der Waals surface area (Å²) in [4.78, 5) is 20.9. The number of carbonyl (C=O) groups is 2. The summed E-state index contributed by atoms with van der Waals surface area (Å²) in [5, 5.41) is 2.62. The van der Waals surface area contributed by atoms with Crippen molar-refractivity contribution in [2.24, 2.45) is 5.73 Å². The van der Waals surface area contributed by atoms with Gasteiger partial charge in [0.25, 0.3) is 0 Å². The van der Waals surface area contributed by atoms with Crippen LogP contribution in [-0.2, 0) is 9.59 Å². The summed E-state index contributed by atoms with van der Waals surface area (Å²) in [5.41, 5.74) is 5.74. The van der Waals surface area contributed by atoms with Crippen LogP contribution >= 0.6 is 0 Å². The molecule has 11 heavy (non-hydrogen) atoms. The molecule has 0 atom stereocenters. The van der Waals surface area contributed by atoms with Crippen molar-refractivity contribution in [3.8, 4) is 0 Å². The molecule has 0 aliphatic carbocycles. The second kappa shape index (κ2) is 3.18. The first-order valence-corrected chi connectivity index (χ1v) is 3.45. The summed E-state index contributed by atoms with van der Waals surface area (Å²) in [6.07, 6.45) is 3.05. The maximum Gasteiger partial charge on any atom is 0.227 e. The minimum atomic E-state index is -0.341. The smallest absolute Gasteiger partial charge is 0.227 e. The van der Waals surface area contributed by atoms with E-state index in [9.17, 15) is 9.59 Å². The molecule has 0 radical (unpaired) electrons. The van der Waals surface area contributed by atoms with E-state index in [1.54, 1.807) is 6.08 Å². The Hall–Kier alpha value is -1.32. The summed E-state index contributed by atoms with van der Waals surface area (Å²) in [5.74, 6) is -0.350. The molecule has 3 N–H and O–H groups in total. The standard InChI is InChI=1S/C7H10N2O2/c8-6(10)3-1-5-2-4-7(11)9-5/h2H,1,3-4H2,(H2,8,10)(H,9,11). The van der Waals surface area contributed by atoms with Crippen molar-refractivity contribution in [3.63, 3.8) is 0 Å². The highest BCUT2D eigenvalue weighted by molar-refractivity contribution is 5.82. The van der Waals surface area contributed by atoms with Crippen LogP contribution in [0.15, 0.2) is 11.8 Å². The average Bonchev–Trinajstić information content (AvgIpc) is 2.31. The van der Waals surface area contributed by atoms with Gasteiger partial charge >= 0.3 is 0 Å². The second-order valence-electron chi connectivity index (χ2n) is 2.45. The Bertz CT molecular complexity index is 220. The van der Waals surface area contributed by atoms with Gasteiger partial charge in [-0.05, 0) is 6.42 Å². The van der Waals surface area contributed by atoms with Gasteiger partial charge in [0.1, 0.15) is 0 Å². The summed E-state index contributed by atoms with van der Waals surface area (Å²) >= 11 is 0. The van der Waals surface area contributed by atoms with Crippen LogP contribution in [-0.4, -0.2) is 11.8 Å². The number of hydrogen-bond acceptors (Lipinski definition) is 2. The normalized spacial score (nSPS) is 16.0. The van der Waals surface area contributed by atoms with Crippen molar-refractivity contribution in [1.29, 1.82) is 0 Å². The molecule has 4 nitrogen and oxygen atoms in total. The fraction of sp³-hybridized carbons (Fsp3) is 0.429. The van der Waals surface area contributed by atoms with Crippen molar-refractivity contribution in [3.05, 3.63) is 11.8 Å². The highest BCUT2D eigenvalue weighted by atomic mass is 16.2. The van der Waals surface area contributed by atoms with Crippen molar-refractivity contribution >= 4 is 11.8 Å². The molecule has 1 aliphatic heterocycles. The average molecular weight is 154 g/mol. The first-order chi connectivity index (χ1) is 5.18. The molecular weight excluding hydrogens is 144 g/mol. The zero-order chi connectivity index (χ0) is 8.27. The van der Waals surface area contributed by atoms with Crippen molar-refractivity contribution in [1.82, 2.24) is 5.32 Å². The second-order valence-corrected chi connectivity index (χ2v) is 2.45. The first-order valence-electron chi connectivity index (χ1n) is 3.45. The number of nitrogens with one attached hydrogen (secondary N) is 1. The van der Waals surface area contributed by atoms with E-state index in [2.05, 4.69) is 5.32 Å². The molecule has 60 valence electrons. The number of primary amides is 1. The Balaban J connectivity index is 2.28. The van der Waals surface area contributed by atoms with E-state index in [-0.39, 0.29) is 11.8 Å². The maximum atomic E-state index is 10.6. The van der Waals surface area contributed by atoms with Gasteiger partial charge in [-0.3, -0.25) is 9.59 Å². The molecule has 1 heterocycles. The van der Waals surface area contributed by atoms with Crippen LogP contribution in [0.1, 0.15) is 19.3 Å². The highest BCUT2D eigenvalue weighted by Crippen LogP contribution is 2.08. The molecule has 0 bridgehead atoms. The van der Waals surface area contributed by atoms with Crippen molar-refractivity contribution < 1.29 is 9.59 Å². The molecule has 0 saturated heterocycles. The minimum absolute atomic E-state index is 0.00975. The van der Waals surface area contributed by atoms with Crippen LogP contribution in [0.5, 0.6) is 0 Å². The minimum Gasteiger partial charge on any atom is -0.370 e. The van der Waals surface area contributed by atoms with Gasteiger partial charge in [0, 0.05) is 18.5 Å². The fourth-order valence-electron chi connectivity index (χ4n) is 0.919. The lowest BCUT2D eigenvalue weighted by molar-refractivity contribution is -0.119. The molecule has 2 amide bonds. The van der Waals surface area contributed by atoms with E-state index in [1.807, 2.05) is 0 Å². The first kappa shape index (κ1) is 7.78. The molecule has 0 fully saturated rings. The van der Waals surface area contributed by atoms with Gasteiger partial charge in [0.15, 0.2) is 0 Å². The Morgan fingerprint density at radius 2 is 2.45 bits per heavy atom. The Kier molecular flexibility index (Phi) is 2.25. The lowest BCUT2D eigenvalue weighted by Gasteiger charge is -1.98. The predicted octanol–water partition coefficient (Wildman–Crippen LogP) is -0.344. The van der Waals surface area contributed by atoms with Gasteiger partial charge in [0.05, 0.1) is 0 Å². The number of hydrogen-bond donors (Lipinski definition) is 2. The van der Waals surface area contributed by atoms with E-state index in [4.69, 9.17) is 5.73 Å². The summed E-state index contributed by atoms with van der Waals surface area (Å²) in [7, 11) is 0. The number of carbonyl (C=O) groups excluding carboxylic acids is 2. The zero-order valence-electron chi connectivity index (χ0n) is 6.09. The van der Waals surface area contributed by atoms with E-state index in [0.717, 1.165) is 5.70 Å². The number of allylic oxidation sites excluding steroid dienone is 1. The summed E-state index contributed by atoms with van der Waals surface area (Å²) < 4.78 is 0. The van der Waals surface area contributed by atoms with Gasteiger partial charge in [-0.25, -0.2) is 0 Å². The summed E-state index contributed by atoms with van der Waals surface area (Å²) in [6.45, 7) is 0. The Morgan fingerprint density at radius 1 is 1.73 bits per heavy atom. The SMILES string of the molecule is NC(=O)CCC1=CCC(=O)N1. The van der Waals surface area contributed by atoms with Crippen molar-refractivity contribution in [2.75, 3.05) is 0 Å². The molecule has 0 spiro atoms.